The number of allylic oxidation sites excluding steroid dienone is 4. The van der Waals surface area contributed by atoms with Crippen molar-refractivity contribution >= 4 is 0 Å². The largest absolute Gasteiger partial charge is 0.387 e. The van der Waals surface area contributed by atoms with Crippen LogP contribution >= 0.6 is 0 Å². The minimum absolute atomic E-state index is 0.0712. The Balaban J connectivity index is 2.21. The van der Waals surface area contributed by atoms with Gasteiger partial charge in [-0.2, -0.15) is 0 Å². The third-order valence-electron chi connectivity index (χ3n) is 3.26. The summed E-state index contributed by atoms with van der Waals surface area (Å²) < 4.78 is 5.14. The Hall–Kier alpha value is -0.600. The molecule has 0 aromatic carbocycles. The van der Waals surface area contributed by atoms with Gasteiger partial charge in [0.05, 0.1) is 12.2 Å². The molecule has 1 heterocycles. The third kappa shape index (κ3) is 6.04. The quantitative estimate of drug-likeness (QED) is 0.543. The molecule has 0 radical (unpaired) electrons. The van der Waals surface area contributed by atoms with Gasteiger partial charge in [-0.05, 0) is 53.4 Å². The first-order chi connectivity index (χ1) is 7.92. The summed E-state index contributed by atoms with van der Waals surface area (Å²) in [5.41, 5.74) is 2.15. The maximum Gasteiger partial charge on any atom is 0.109 e. The Bertz CT molecular complexity index is 292. The van der Waals surface area contributed by atoms with Crippen LogP contribution in [0.1, 0.15) is 53.4 Å². The Kier molecular flexibility index (Phi) is 5.41. The number of hydrogen-bond acceptors (Lipinski definition) is 2. The van der Waals surface area contributed by atoms with E-state index in [1.807, 2.05) is 6.92 Å². The molecule has 1 rings (SSSR count). The molecule has 0 aromatic heterocycles. The molecule has 0 spiro atoms. The molecule has 1 aliphatic heterocycles. The fourth-order valence-corrected chi connectivity index (χ4v) is 1.87. The van der Waals surface area contributed by atoms with Crippen LogP contribution in [0.25, 0.3) is 0 Å². The van der Waals surface area contributed by atoms with E-state index in [0.29, 0.717) is 0 Å². The van der Waals surface area contributed by atoms with Crippen LogP contribution < -0.4 is 0 Å². The Labute approximate surface area is 105 Å². The Morgan fingerprint density at radius 1 is 1.29 bits per heavy atom. The van der Waals surface area contributed by atoms with Crippen LogP contribution in [0.4, 0.5) is 0 Å². The van der Waals surface area contributed by atoms with Gasteiger partial charge in [0.2, 0.25) is 0 Å². The van der Waals surface area contributed by atoms with Crippen LogP contribution in [-0.2, 0) is 4.74 Å². The van der Waals surface area contributed by atoms with E-state index in [2.05, 4.69) is 32.9 Å². The summed E-state index contributed by atoms with van der Waals surface area (Å²) in [6.45, 7) is 9.02. The highest BCUT2D eigenvalue weighted by atomic mass is 16.6. The van der Waals surface area contributed by atoms with E-state index in [1.54, 1.807) is 0 Å². The summed E-state index contributed by atoms with van der Waals surface area (Å²) in [6, 6.07) is 0. The lowest BCUT2D eigenvalue weighted by atomic mass is 9.95. The number of ether oxygens (including phenoxy) is 1. The average molecular weight is 238 g/mol. The van der Waals surface area contributed by atoms with Crippen LogP contribution in [-0.4, -0.2) is 23.4 Å². The lowest BCUT2D eigenvalue weighted by Gasteiger charge is -2.19. The van der Waals surface area contributed by atoms with E-state index in [9.17, 15) is 5.11 Å². The first-order valence-electron chi connectivity index (χ1n) is 6.55. The minimum Gasteiger partial charge on any atom is -0.387 e. The summed E-state index contributed by atoms with van der Waals surface area (Å²) in [5.74, 6) is 0. The smallest absolute Gasteiger partial charge is 0.109 e. The summed E-state index contributed by atoms with van der Waals surface area (Å²) >= 11 is 0. The molecule has 0 bridgehead atoms. The van der Waals surface area contributed by atoms with E-state index >= 15 is 0 Å². The first kappa shape index (κ1) is 14.5. The number of hydrogen-bond donors (Lipinski definition) is 1. The van der Waals surface area contributed by atoms with Crippen LogP contribution in [0.3, 0.4) is 0 Å². The lowest BCUT2D eigenvalue weighted by Crippen LogP contribution is -2.30. The molecular weight excluding hydrogens is 212 g/mol. The normalized spacial score (nSPS) is 23.1. The van der Waals surface area contributed by atoms with Gasteiger partial charge in [0.1, 0.15) is 6.10 Å². The van der Waals surface area contributed by atoms with Gasteiger partial charge in [-0.25, -0.2) is 0 Å². The average Bonchev–Trinajstić information content (AvgIpc) is 2.99. The molecule has 0 saturated carbocycles. The predicted octanol–water partition coefficient (Wildman–Crippen LogP) is 3.61. The van der Waals surface area contributed by atoms with Gasteiger partial charge < -0.3 is 9.84 Å². The molecule has 1 aliphatic rings. The SMILES string of the molecule is CC(C)=CCC/C(C)=C/CC[C@](C)(O)C1CO1. The maximum atomic E-state index is 10.1. The van der Waals surface area contributed by atoms with E-state index in [4.69, 9.17) is 4.74 Å². The predicted molar refractivity (Wildman–Crippen MR) is 72.0 cm³/mol. The summed E-state index contributed by atoms with van der Waals surface area (Å²) in [4.78, 5) is 0. The molecule has 2 nitrogen and oxygen atoms in total. The second kappa shape index (κ2) is 6.36. The first-order valence-corrected chi connectivity index (χ1v) is 6.55. The molecule has 0 aliphatic carbocycles. The molecule has 1 saturated heterocycles. The van der Waals surface area contributed by atoms with E-state index < -0.39 is 5.60 Å². The molecule has 17 heavy (non-hydrogen) atoms. The minimum atomic E-state index is -0.642. The van der Waals surface area contributed by atoms with Crippen LogP contribution in [0.5, 0.6) is 0 Å². The van der Waals surface area contributed by atoms with Crippen LogP contribution in [0.2, 0.25) is 0 Å². The van der Waals surface area contributed by atoms with Crippen molar-refractivity contribution in [2.75, 3.05) is 6.61 Å². The summed E-state index contributed by atoms with van der Waals surface area (Å²) in [6.07, 6.45) is 8.55. The van der Waals surface area contributed by atoms with Gasteiger partial charge in [-0.3, -0.25) is 0 Å². The molecule has 98 valence electrons. The highest BCUT2D eigenvalue weighted by molar-refractivity contribution is 5.03. The Morgan fingerprint density at radius 3 is 2.47 bits per heavy atom. The van der Waals surface area contributed by atoms with Crippen molar-refractivity contribution in [1.29, 1.82) is 0 Å². The zero-order valence-electron chi connectivity index (χ0n) is 11.6. The molecule has 0 aromatic rings. The van der Waals surface area contributed by atoms with Gasteiger partial charge in [0, 0.05) is 0 Å². The molecule has 0 amide bonds. The van der Waals surface area contributed by atoms with Crippen molar-refractivity contribution in [2.45, 2.75) is 65.1 Å². The molecular formula is C15H26O2. The van der Waals surface area contributed by atoms with E-state index in [0.717, 1.165) is 32.3 Å². The molecule has 2 heteroatoms. The maximum absolute atomic E-state index is 10.1. The van der Waals surface area contributed by atoms with Crippen LogP contribution in [0, 0.1) is 0 Å². The second-order valence-corrected chi connectivity index (χ2v) is 5.59. The topological polar surface area (TPSA) is 32.8 Å². The standard InChI is InChI=1S/C15H26O2/c1-12(2)7-5-8-13(3)9-6-10-15(4,16)14-11-17-14/h7,9,14,16H,5-6,8,10-11H2,1-4H3/b13-9+/t14?,15-/m0/s1. The van der Waals surface area contributed by atoms with Crippen molar-refractivity contribution < 1.29 is 9.84 Å². The number of rotatable bonds is 7. The van der Waals surface area contributed by atoms with Crippen molar-refractivity contribution in [2.24, 2.45) is 0 Å². The highest BCUT2D eigenvalue weighted by Crippen LogP contribution is 2.28. The van der Waals surface area contributed by atoms with Crippen molar-refractivity contribution in [1.82, 2.24) is 0 Å². The summed E-state index contributed by atoms with van der Waals surface area (Å²) in [5, 5.41) is 10.1. The highest BCUT2D eigenvalue weighted by Gasteiger charge is 2.40. The second-order valence-electron chi connectivity index (χ2n) is 5.59. The zero-order chi connectivity index (χ0) is 12.9. The fraction of sp³-hybridized carbons (Fsp3) is 0.733. The van der Waals surface area contributed by atoms with Gasteiger partial charge in [0.15, 0.2) is 0 Å². The number of aliphatic hydroxyl groups is 1. The van der Waals surface area contributed by atoms with E-state index in [1.165, 1.54) is 11.1 Å². The monoisotopic (exact) mass is 238 g/mol. The molecule has 1 N–H and O–H groups in total. The Morgan fingerprint density at radius 2 is 1.94 bits per heavy atom. The van der Waals surface area contributed by atoms with Gasteiger partial charge in [0.25, 0.3) is 0 Å². The van der Waals surface area contributed by atoms with Gasteiger partial charge >= 0.3 is 0 Å². The summed E-state index contributed by atoms with van der Waals surface area (Å²) in [7, 11) is 0. The van der Waals surface area contributed by atoms with Gasteiger partial charge in [-0.15, -0.1) is 0 Å². The van der Waals surface area contributed by atoms with Gasteiger partial charge in [-0.1, -0.05) is 23.3 Å². The molecule has 1 unspecified atom stereocenters. The zero-order valence-corrected chi connectivity index (χ0v) is 11.6. The van der Waals surface area contributed by atoms with E-state index in [-0.39, 0.29) is 6.10 Å². The molecule has 2 atom stereocenters. The van der Waals surface area contributed by atoms with Crippen molar-refractivity contribution in [3.8, 4) is 0 Å². The van der Waals surface area contributed by atoms with Crippen LogP contribution in [0.15, 0.2) is 23.3 Å². The fourth-order valence-electron chi connectivity index (χ4n) is 1.87. The van der Waals surface area contributed by atoms with Crippen molar-refractivity contribution in [3.05, 3.63) is 23.3 Å². The third-order valence-corrected chi connectivity index (χ3v) is 3.26. The molecule has 1 fully saturated rings. The lowest BCUT2D eigenvalue weighted by molar-refractivity contribution is 0.0225. The number of epoxide rings is 1. The van der Waals surface area contributed by atoms with Crippen molar-refractivity contribution in [3.63, 3.8) is 0 Å².